The van der Waals surface area contributed by atoms with E-state index in [1.54, 1.807) is 0 Å². The third-order valence-electron chi connectivity index (χ3n) is 5.59. The Labute approximate surface area is 172 Å². The van der Waals surface area contributed by atoms with E-state index in [0.29, 0.717) is 18.3 Å². The molecule has 1 amide bonds. The molecule has 1 aliphatic rings. The van der Waals surface area contributed by atoms with Crippen molar-refractivity contribution in [1.82, 2.24) is 5.48 Å². The molecular formula is C22H27NO5S. The summed E-state index contributed by atoms with van der Waals surface area (Å²) in [6, 6.07) is 7.32. The van der Waals surface area contributed by atoms with Gasteiger partial charge in [-0.1, -0.05) is 24.0 Å². The third-order valence-corrected chi connectivity index (χ3v) is 7.62. The summed E-state index contributed by atoms with van der Waals surface area (Å²) < 4.78 is 22.3. The summed E-state index contributed by atoms with van der Waals surface area (Å²) in [6.45, 7) is 1.53. The molecule has 6 nitrogen and oxygen atoms in total. The van der Waals surface area contributed by atoms with E-state index >= 15 is 0 Å². The second-order valence-electron chi connectivity index (χ2n) is 7.72. The molecule has 3 atom stereocenters. The van der Waals surface area contributed by atoms with Crippen LogP contribution in [0, 0.1) is 35.5 Å². The molecule has 3 unspecified atom stereocenters. The number of nitrogens with one attached hydrogen (secondary N) is 1. The number of benzene rings is 1. The van der Waals surface area contributed by atoms with Crippen molar-refractivity contribution < 1.29 is 23.5 Å². The van der Waals surface area contributed by atoms with Gasteiger partial charge in [0.2, 0.25) is 0 Å². The fraction of sp³-hybridized carbons (Fsp3) is 0.500. The van der Waals surface area contributed by atoms with Crippen molar-refractivity contribution in [2.75, 3.05) is 12.9 Å². The first-order valence-corrected chi connectivity index (χ1v) is 11.4. The maximum atomic E-state index is 12.0. The summed E-state index contributed by atoms with van der Waals surface area (Å²) in [5.41, 5.74) is 3.11. The van der Waals surface area contributed by atoms with Gasteiger partial charge in [0.15, 0.2) is 9.84 Å². The maximum Gasteiger partial charge on any atom is 0.264 e. The van der Waals surface area contributed by atoms with Gasteiger partial charge in [0.05, 0.1) is 0 Å². The zero-order valence-electron chi connectivity index (χ0n) is 16.7. The lowest BCUT2D eigenvalue weighted by atomic mass is 9.99. The van der Waals surface area contributed by atoms with Crippen molar-refractivity contribution >= 4 is 15.7 Å². The smallest absolute Gasteiger partial charge is 0.264 e. The summed E-state index contributed by atoms with van der Waals surface area (Å²) in [5, 5.41) is 18.0. The molecule has 3 N–H and O–H groups in total. The minimum absolute atomic E-state index is 0.0466. The maximum absolute atomic E-state index is 12.0. The van der Waals surface area contributed by atoms with Gasteiger partial charge in [0, 0.05) is 24.3 Å². The molecule has 0 bridgehead atoms. The largest absolute Gasteiger partial charge is 0.396 e. The van der Waals surface area contributed by atoms with Crippen LogP contribution < -0.4 is 5.48 Å². The van der Waals surface area contributed by atoms with E-state index in [-0.39, 0.29) is 13.0 Å². The Kier molecular flexibility index (Phi) is 7.87. The molecule has 7 heteroatoms. The average Bonchev–Trinajstić information content (AvgIpc) is 3.16. The van der Waals surface area contributed by atoms with E-state index in [1.165, 1.54) is 12.4 Å². The summed E-state index contributed by atoms with van der Waals surface area (Å²) in [6.07, 6.45) is 4.35. The topological polar surface area (TPSA) is 104 Å². The zero-order valence-corrected chi connectivity index (χ0v) is 17.6. The molecule has 0 radical (unpaired) electrons. The van der Waals surface area contributed by atoms with Crippen LogP contribution in [0.4, 0.5) is 0 Å². The molecule has 2 rings (SSSR count). The van der Waals surface area contributed by atoms with Gasteiger partial charge in [-0.05, 0) is 74.5 Å². The number of rotatable bonds is 6. The first kappa shape index (κ1) is 23.0. The molecule has 156 valence electrons. The molecule has 0 heterocycles. The fourth-order valence-corrected chi connectivity index (χ4v) is 4.19. The Morgan fingerprint density at radius 3 is 2.48 bits per heavy atom. The van der Waals surface area contributed by atoms with Gasteiger partial charge in [-0.2, -0.15) is 0 Å². The predicted octanol–water partition coefficient (Wildman–Crippen LogP) is 1.69. The summed E-state index contributed by atoms with van der Waals surface area (Å²) >= 11 is 0. The lowest BCUT2D eigenvalue weighted by Crippen LogP contribution is -2.49. The van der Waals surface area contributed by atoms with Crippen LogP contribution in [0.1, 0.15) is 43.7 Å². The van der Waals surface area contributed by atoms with E-state index < -0.39 is 20.5 Å². The SMILES string of the molecule is CC(CCc1ccc(C#CC#CC2CCC(CO)C2)cc1)(C(=O)NO)S(C)(=O)=O. The number of aliphatic hydroxyl groups is 1. The predicted molar refractivity (Wildman–Crippen MR) is 111 cm³/mol. The van der Waals surface area contributed by atoms with Crippen LogP contribution in [0.5, 0.6) is 0 Å². The van der Waals surface area contributed by atoms with Gasteiger partial charge in [-0.25, -0.2) is 13.9 Å². The van der Waals surface area contributed by atoms with Gasteiger partial charge >= 0.3 is 0 Å². The van der Waals surface area contributed by atoms with Crippen molar-refractivity contribution in [2.45, 2.75) is 43.8 Å². The quantitative estimate of drug-likeness (QED) is 0.371. The van der Waals surface area contributed by atoms with Crippen LogP contribution in [-0.4, -0.2) is 42.2 Å². The molecule has 1 fully saturated rings. The number of carbonyl (C=O) groups excluding carboxylic acids is 1. The number of carbonyl (C=O) groups is 1. The third kappa shape index (κ3) is 6.08. The van der Waals surface area contributed by atoms with Crippen molar-refractivity contribution in [2.24, 2.45) is 11.8 Å². The lowest BCUT2D eigenvalue weighted by Gasteiger charge is -2.25. The molecule has 0 aliphatic heterocycles. The Morgan fingerprint density at radius 2 is 1.93 bits per heavy atom. The number of sulfone groups is 1. The molecule has 0 aromatic heterocycles. The van der Waals surface area contributed by atoms with Gasteiger partial charge in [-0.15, -0.1) is 0 Å². The van der Waals surface area contributed by atoms with Crippen molar-refractivity contribution in [3.8, 4) is 23.7 Å². The van der Waals surface area contributed by atoms with Gasteiger partial charge in [0.1, 0.15) is 4.75 Å². The standard InChI is InChI=1S/C22H27NO5S/c1-22(21(25)23-26,29(2,27)28)14-13-18-9-7-17(8-10-18)5-3-4-6-19-11-12-20(15-19)16-24/h7-10,19-20,24,26H,11-16H2,1-2H3,(H,23,25). The molecule has 1 aromatic carbocycles. The minimum Gasteiger partial charge on any atom is -0.396 e. The Balaban J connectivity index is 1.97. The first-order chi connectivity index (χ1) is 13.7. The average molecular weight is 418 g/mol. The minimum atomic E-state index is -3.70. The fourth-order valence-electron chi connectivity index (χ4n) is 3.34. The molecule has 1 aliphatic carbocycles. The lowest BCUT2D eigenvalue weighted by molar-refractivity contribution is -0.131. The number of hydrogen-bond donors (Lipinski definition) is 3. The van der Waals surface area contributed by atoms with E-state index in [4.69, 9.17) is 10.3 Å². The van der Waals surface area contributed by atoms with Crippen LogP contribution in [-0.2, 0) is 21.1 Å². The van der Waals surface area contributed by atoms with Gasteiger partial charge < -0.3 is 5.11 Å². The summed E-state index contributed by atoms with van der Waals surface area (Å²) in [5.74, 6) is 11.6. The highest BCUT2D eigenvalue weighted by molar-refractivity contribution is 7.92. The van der Waals surface area contributed by atoms with E-state index in [9.17, 15) is 13.2 Å². The highest BCUT2D eigenvalue weighted by atomic mass is 32.2. The number of aliphatic hydroxyl groups excluding tert-OH is 1. The highest BCUT2D eigenvalue weighted by Gasteiger charge is 2.43. The van der Waals surface area contributed by atoms with Crippen LogP contribution in [0.15, 0.2) is 24.3 Å². The van der Waals surface area contributed by atoms with E-state index in [2.05, 4.69) is 23.7 Å². The van der Waals surface area contributed by atoms with Crippen LogP contribution in [0.3, 0.4) is 0 Å². The first-order valence-electron chi connectivity index (χ1n) is 9.55. The van der Waals surface area contributed by atoms with Crippen LogP contribution in [0.25, 0.3) is 0 Å². The second kappa shape index (κ2) is 9.93. The Morgan fingerprint density at radius 1 is 1.24 bits per heavy atom. The molecular weight excluding hydrogens is 390 g/mol. The van der Waals surface area contributed by atoms with Crippen molar-refractivity contribution in [1.29, 1.82) is 0 Å². The Bertz CT molecular complexity index is 947. The number of aryl methyl sites for hydroxylation is 1. The molecule has 29 heavy (non-hydrogen) atoms. The Hall–Kier alpha value is -2.32. The number of hydroxylamine groups is 1. The van der Waals surface area contributed by atoms with Gasteiger partial charge in [-0.3, -0.25) is 10.0 Å². The highest BCUT2D eigenvalue weighted by Crippen LogP contribution is 2.29. The second-order valence-corrected chi connectivity index (χ2v) is 10.2. The zero-order chi connectivity index (χ0) is 21.5. The molecule has 0 spiro atoms. The number of hydrogen-bond acceptors (Lipinski definition) is 5. The normalized spacial score (nSPS) is 20.6. The molecule has 1 saturated carbocycles. The number of amides is 1. The monoisotopic (exact) mass is 417 g/mol. The van der Waals surface area contributed by atoms with E-state index in [0.717, 1.165) is 36.6 Å². The van der Waals surface area contributed by atoms with E-state index in [1.807, 2.05) is 24.3 Å². The summed E-state index contributed by atoms with van der Waals surface area (Å²) in [7, 11) is -3.70. The molecule has 1 aromatic rings. The summed E-state index contributed by atoms with van der Waals surface area (Å²) in [4.78, 5) is 11.8. The van der Waals surface area contributed by atoms with Crippen LogP contribution in [0.2, 0.25) is 0 Å². The van der Waals surface area contributed by atoms with Gasteiger partial charge in [0.25, 0.3) is 5.91 Å². The van der Waals surface area contributed by atoms with Crippen LogP contribution >= 0.6 is 0 Å². The van der Waals surface area contributed by atoms with Crippen molar-refractivity contribution in [3.63, 3.8) is 0 Å². The molecule has 0 saturated heterocycles. The van der Waals surface area contributed by atoms with Crippen molar-refractivity contribution in [3.05, 3.63) is 35.4 Å².